The van der Waals surface area contributed by atoms with Crippen LogP contribution in [-0.4, -0.2) is 28.1 Å². The van der Waals surface area contributed by atoms with Crippen molar-refractivity contribution in [3.8, 4) is 10.6 Å². The Hall–Kier alpha value is -1.72. The van der Waals surface area contributed by atoms with E-state index in [0.29, 0.717) is 10.8 Å². The van der Waals surface area contributed by atoms with Crippen LogP contribution < -0.4 is 5.32 Å². The van der Waals surface area contributed by atoms with E-state index in [4.69, 9.17) is 0 Å². The Balaban J connectivity index is 1.75. The maximum Gasteiger partial charge on any atom is 0.263 e. The van der Waals surface area contributed by atoms with Gasteiger partial charge in [-0.3, -0.25) is 4.79 Å². The summed E-state index contributed by atoms with van der Waals surface area (Å²) >= 11 is 1.37. The Morgan fingerprint density at radius 1 is 1.43 bits per heavy atom. The molecule has 110 valence electrons. The number of carbonyl (C=O) groups is 1. The zero-order valence-electron chi connectivity index (χ0n) is 11.9. The summed E-state index contributed by atoms with van der Waals surface area (Å²) in [5, 5.41) is 13.3. The molecule has 4 nitrogen and oxygen atoms in total. The highest BCUT2D eigenvalue weighted by atomic mass is 32.1. The first-order valence-electron chi connectivity index (χ1n) is 7.07. The summed E-state index contributed by atoms with van der Waals surface area (Å²) in [5.74, 6) is 0.228. The van der Waals surface area contributed by atoms with Crippen molar-refractivity contribution >= 4 is 17.2 Å². The first-order chi connectivity index (χ1) is 10.1. The Morgan fingerprint density at radius 3 is 2.76 bits per heavy atom. The van der Waals surface area contributed by atoms with Gasteiger partial charge in [-0.25, -0.2) is 4.98 Å². The molecule has 1 saturated carbocycles. The molecule has 1 aromatic carbocycles. The van der Waals surface area contributed by atoms with E-state index in [9.17, 15) is 9.90 Å². The fourth-order valence-corrected chi connectivity index (χ4v) is 3.22. The van der Waals surface area contributed by atoms with Crippen LogP contribution in [0.15, 0.2) is 36.5 Å². The van der Waals surface area contributed by atoms with Gasteiger partial charge in [-0.15, -0.1) is 11.3 Å². The molecule has 0 bridgehead atoms. The number of nitrogens with zero attached hydrogens (tertiary/aromatic N) is 1. The summed E-state index contributed by atoms with van der Waals surface area (Å²) in [6, 6.07) is 9.80. The number of aromatic nitrogens is 1. The van der Waals surface area contributed by atoms with E-state index in [0.717, 1.165) is 23.4 Å². The summed E-state index contributed by atoms with van der Waals surface area (Å²) in [5.41, 5.74) is 0.488. The summed E-state index contributed by atoms with van der Waals surface area (Å²) in [6.07, 6.45) is 3.73. The molecule has 5 heteroatoms. The smallest absolute Gasteiger partial charge is 0.263 e. The lowest BCUT2D eigenvalue weighted by Gasteiger charge is -2.28. The number of nitrogens with one attached hydrogen (secondary N) is 1. The van der Waals surface area contributed by atoms with Gasteiger partial charge in [-0.1, -0.05) is 30.3 Å². The van der Waals surface area contributed by atoms with Crippen LogP contribution in [0, 0.1) is 5.92 Å². The Morgan fingerprint density at radius 2 is 2.14 bits per heavy atom. The second-order valence-corrected chi connectivity index (χ2v) is 6.73. The average molecular weight is 302 g/mol. The van der Waals surface area contributed by atoms with Crippen molar-refractivity contribution in [3.63, 3.8) is 0 Å². The van der Waals surface area contributed by atoms with Crippen LogP contribution in [-0.2, 0) is 0 Å². The second-order valence-electron chi connectivity index (χ2n) is 5.70. The molecule has 21 heavy (non-hydrogen) atoms. The van der Waals surface area contributed by atoms with E-state index in [2.05, 4.69) is 10.3 Å². The van der Waals surface area contributed by atoms with Crippen molar-refractivity contribution in [1.29, 1.82) is 0 Å². The predicted molar refractivity (Wildman–Crippen MR) is 83.2 cm³/mol. The SMILES string of the molecule is CC(CO)(NC(=O)c1cnc(-c2ccccc2)s1)C1CC1. The van der Waals surface area contributed by atoms with Crippen molar-refractivity contribution in [1.82, 2.24) is 10.3 Å². The average Bonchev–Trinajstić information content (AvgIpc) is 3.26. The van der Waals surface area contributed by atoms with Gasteiger partial charge in [-0.05, 0) is 25.7 Å². The minimum atomic E-state index is -0.520. The van der Waals surface area contributed by atoms with Gasteiger partial charge in [0.1, 0.15) is 9.88 Å². The minimum absolute atomic E-state index is 0.0340. The molecule has 0 aliphatic heterocycles. The molecule has 1 aliphatic carbocycles. The maximum atomic E-state index is 12.3. The molecule has 1 aliphatic rings. The van der Waals surface area contributed by atoms with Crippen molar-refractivity contribution in [2.45, 2.75) is 25.3 Å². The van der Waals surface area contributed by atoms with Crippen molar-refractivity contribution in [2.75, 3.05) is 6.61 Å². The van der Waals surface area contributed by atoms with Gasteiger partial charge >= 0.3 is 0 Å². The molecule has 1 amide bonds. The first kappa shape index (κ1) is 14.2. The van der Waals surface area contributed by atoms with Crippen molar-refractivity contribution in [2.24, 2.45) is 5.92 Å². The van der Waals surface area contributed by atoms with Crippen LogP contribution in [0.3, 0.4) is 0 Å². The number of hydrogen-bond acceptors (Lipinski definition) is 4. The Kier molecular flexibility index (Phi) is 3.78. The zero-order valence-corrected chi connectivity index (χ0v) is 12.7. The van der Waals surface area contributed by atoms with E-state index in [1.807, 2.05) is 37.3 Å². The van der Waals surface area contributed by atoms with Gasteiger partial charge in [0.25, 0.3) is 5.91 Å². The second kappa shape index (κ2) is 5.58. The summed E-state index contributed by atoms with van der Waals surface area (Å²) in [7, 11) is 0. The standard InChI is InChI=1S/C16H18N2O2S/c1-16(10-19,12-7-8-12)18-14(20)13-9-17-15(21-13)11-5-3-2-4-6-11/h2-6,9,12,19H,7-8,10H2,1H3,(H,18,20). The molecule has 1 atom stereocenters. The number of rotatable bonds is 5. The number of amides is 1. The molecule has 0 radical (unpaired) electrons. The van der Waals surface area contributed by atoms with Crippen LogP contribution >= 0.6 is 11.3 Å². The molecule has 2 N–H and O–H groups in total. The highest BCUT2D eigenvalue weighted by molar-refractivity contribution is 7.16. The molecule has 2 aromatic rings. The van der Waals surface area contributed by atoms with Gasteiger partial charge in [0, 0.05) is 5.56 Å². The lowest BCUT2D eigenvalue weighted by Crippen LogP contribution is -2.50. The van der Waals surface area contributed by atoms with Gasteiger partial charge in [0.05, 0.1) is 18.3 Å². The van der Waals surface area contributed by atoms with Gasteiger partial charge in [-0.2, -0.15) is 0 Å². The molecule has 0 saturated heterocycles. The highest BCUT2D eigenvalue weighted by Gasteiger charge is 2.42. The van der Waals surface area contributed by atoms with Crippen LogP contribution in [0.2, 0.25) is 0 Å². The zero-order chi connectivity index (χ0) is 14.9. The number of aliphatic hydroxyl groups excluding tert-OH is 1. The molecule has 1 fully saturated rings. The van der Waals surface area contributed by atoms with E-state index in [1.165, 1.54) is 11.3 Å². The Bertz CT molecular complexity index is 637. The topological polar surface area (TPSA) is 62.2 Å². The number of aliphatic hydroxyl groups is 1. The fourth-order valence-electron chi connectivity index (χ4n) is 2.41. The summed E-state index contributed by atoms with van der Waals surface area (Å²) in [4.78, 5) is 17.2. The minimum Gasteiger partial charge on any atom is -0.394 e. The third-order valence-electron chi connectivity index (χ3n) is 3.96. The largest absolute Gasteiger partial charge is 0.394 e. The molecule has 3 rings (SSSR count). The third kappa shape index (κ3) is 2.99. The van der Waals surface area contributed by atoms with Gasteiger partial charge in [0.2, 0.25) is 0 Å². The van der Waals surface area contributed by atoms with Crippen molar-refractivity contribution in [3.05, 3.63) is 41.4 Å². The lowest BCUT2D eigenvalue weighted by molar-refractivity contribution is 0.0828. The van der Waals surface area contributed by atoms with E-state index < -0.39 is 5.54 Å². The molecule has 0 spiro atoms. The molecule has 1 unspecified atom stereocenters. The van der Waals surface area contributed by atoms with Crippen LogP contribution in [0.25, 0.3) is 10.6 Å². The Labute approximate surface area is 127 Å². The summed E-state index contributed by atoms with van der Waals surface area (Å²) < 4.78 is 0. The third-order valence-corrected chi connectivity index (χ3v) is 5.00. The monoisotopic (exact) mass is 302 g/mol. The molecule has 1 aromatic heterocycles. The molecular weight excluding hydrogens is 284 g/mol. The maximum absolute atomic E-state index is 12.3. The number of benzene rings is 1. The normalized spacial score (nSPS) is 17.2. The predicted octanol–water partition coefficient (Wildman–Crippen LogP) is 2.70. The van der Waals surface area contributed by atoms with Gasteiger partial charge < -0.3 is 10.4 Å². The van der Waals surface area contributed by atoms with Crippen LogP contribution in [0.5, 0.6) is 0 Å². The van der Waals surface area contributed by atoms with E-state index in [1.54, 1.807) is 6.20 Å². The lowest BCUT2D eigenvalue weighted by atomic mass is 9.97. The van der Waals surface area contributed by atoms with Crippen LogP contribution in [0.1, 0.15) is 29.4 Å². The first-order valence-corrected chi connectivity index (χ1v) is 7.88. The van der Waals surface area contributed by atoms with E-state index in [-0.39, 0.29) is 12.5 Å². The summed E-state index contributed by atoms with van der Waals surface area (Å²) in [6.45, 7) is 1.87. The number of carbonyl (C=O) groups excluding carboxylic acids is 1. The van der Waals surface area contributed by atoms with E-state index >= 15 is 0 Å². The molecule has 1 heterocycles. The van der Waals surface area contributed by atoms with Crippen molar-refractivity contribution < 1.29 is 9.90 Å². The highest BCUT2D eigenvalue weighted by Crippen LogP contribution is 2.39. The van der Waals surface area contributed by atoms with Gasteiger partial charge in [0.15, 0.2) is 0 Å². The number of thiazole rings is 1. The van der Waals surface area contributed by atoms with Crippen LogP contribution in [0.4, 0.5) is 0 Å². The fraction of sp³-hybridized carbons (Fsp3) is 0.375. The molecular formula is C16H18N2O2S. The number of hydrogen-bond donors (Lipinski definition) is 2. The quantitative estimate of drug-likeness (QED) is 0.892.